The maximum atomic E-state index is 14.7. The number of ether oxygens (including phenoxy) is 2. The minimum atomic E-state index is -5.50. The number of halogens is 4. The summed E-state index contributed by atoms with van der Waals surface area (Å²) >= 11 is 0. The number of aromatic nitrogens is 1. The minimum absolute atomic E-state index is 0.0522. The van der Waals surface area contributed by atoms with Crippen LogP contribution < -0.4 is 20.9 Å². The van der Waals surface area contributed by atoms with E-state index in [1.807, 2.05) is 0 Å². The van der Waals surface area contributed by atoms with Gasteiger partial charge in [-0.05, 0) is 97.8 Å². The third-order valence-corrected chi connectivity index (χ3v) is 10.9. The van der Waals surface area contributed by atoms with Crippen LogP contribution in [0.1, 0.15) is 49.9 Å². The topological polar surface area (TPSA) is 170 Å². The second-order valence-electron chi connectivity index (χ2n) is 12.2. The van der Waals surface area contributed by atoms with Crippen LogP contribution in [-0.2, 0) is 29.0 Å². The first-order chi connectivity index (χ1) is 25.0. The number of anilines is 3. The summed E-state index contributed by atoms with van der Waals surface area (Å²) in [5.74, 6) is -3.86. The van der Waals surface area contributed by atoms with Gasteiger partial charge < -0.3 is 30.3 Å². The number of pyridine rings is 1. The maximum Gasteiger partial charge on any atom is 0.493 e. The second kappa shape index (κ2) is 15.1. The fraction of sp³-hybridized carbons (Fsp3) is 0.314. The van der Waals surface area contributed by atoms with Crippen LogP contribution >= 0.6 is 0 Å². The van der Waals surface area contributed by atoms with Gasteiger partial charge in [0.25, 0.3) is 0 Å². The number of amides is 2. The lowest BCUT2D eigenvalue weighted by Gasteiger charge is -2.32. The second-order valence-corrected chi connectivity index (χ2v) is 14.7. The molecule has 3 aromatic carbocycles. The Kier molecular flexibility index (Phi) is 11.0. The molecule has 282 valence electrons. The summed E-state index contributed by atoms with van der Waals surface area (Å²) in [7, 11) is -2.02. The third kappa shape index (κ3) is 7.91. The molecule has 0 aliphatic carbocycles. The van der Waals surface area contributed by atoms with Crippen molar-refractivity contribution in [3.63, 3.8) is 0 Å². The van der Waals surface area contributed by atoms with E-state index in [1.54, 1.807) is 24.3 Å². The van der Waals surface area contributed by atoms with Crippen LogP contribution in [-0.4, -0.2) is 68.5 Å². The lowest BCUT2D eigenvalue weighted by Crippen LogP contribution is -2.39. The van der Waals surface area contributed by atoms with Crippen molar-refractivity contribution in [2.45, 2.75) is 55.1 Å². The smallest absolute Gasteiger partial charge is 0.493 e. The number of sulfone groups is 1. The molecule has 0 unspecified atom stereocenters. The molecular weight excluding hydrogens is 726 g/mol. The minimum Gasteiger partial charge on any atom is -0.494 e. The Morgan fingerprint density at radius 3 is 2.43 bits per heavy atom. The summed E-state index contributed by atoms with van der Waals surface area (Å²) in [6.45, 7) is 2.95. The molecule has 1 fully saturated rings. The first-order valence-electron chi connectivity index (χ1n) is 16.1. The van der Waals surface area contributed by atoms with Gasteiger partial charge >= 0.3 is 18.2 Å². The number of rotatable bonds is 9. The summed E-state index contributed by atoms with van der Waals surface area (Å²) in [5.41, 5.74) is 6.23. The van der Waals surface area contributed by atoms with E-state index in [0.717, 1.165) is 31.4 Å². The van der Waals surface area contributed by atoms with E-state index >= 15 is 0 Å². The van der Waals surface area contributed by atoms with E-state index in [2.05, 4.69) is 19.9 Å². The van der Waals surface area contributed by atoms with E-state index in [0.29, 0.717) is 22.9 Å². The fourth-order valence-corrected chi connectivity index (χ4v) is 7.26. The van der Waals surface area contributed by atoms with Gasteiger partial charge in [0.1, 0.15) is 11.9 Å². The molecule has 18 heteroatoms. The molecule has 13 nitrogen and oxygen atoms in total. The molecule has 0 saturated carbocycles. The van der Waals surface area contributed by atoms with Gasteiger partial charge in [0.15, 0.2) is 21.4 Å². The van der Waals surface area contributed by atoms with Crippen LogP contribution in [0.15, 0.2) is 71.8 Å². The number of hydroxylamine groups is 1. The highest BCUT2D eigenvalue weighted by atomic mass is 32.2. The number of nitrogen functional groups attached to an aromatic ring is 1. The number of hydrogen-bond acceptors (Lipinski definition) is 11. The Bertz CT molecular complexity index is 2170. The number of benzene rings is 3. The number of alkyl halides is 3. The van der Waals surface area contributed by atoms with Crippen LogP contribution in [0.5, 0.6) is 5.75 Å². The highest BCUT2D eigenvalue weighted by Gasteiger charge is 2.45. The number of nitrogens with two attached hydrogens (primary N) is 1. The van der Waals surface area contributed by atoms with Gasteiger partial charge in [-0.2, -0.15) is 13.2 Å². The summed E-state index contributed by atoms with van der Waals surface area (Å²) in [6, 6.07) is 11.6. The van der Waals surface area contributed by atoms with Crippen molar-refractivity contribution in [3.8, 4) is 5.75 Å². The summed E-state index contributed by atoms with van der Waals surface area (Å²) in [4.78, 5) is 48.7. The number of carbonyl (C=O) groups excluding carboxylic acids is 3. The van der Waals surface area contributed by atoms with Crippen molar-refractivity contribution in [2.75, 3.05) is 36.9 Å². The normalized spacial score (nSPS) is 15.3. The lowest BCUT2D eigenvalue weighted by molar-refractivity contribution is -0.200. The lowest BCUT2D eigenvalue weighted by atomic mass is 10.0. The van der Waals surface area contributed by atoms with Crippen LogP contribution in [0.2, 0.25) is 0 Å². The average Bonchev–Trinajstić information content (AvgIpc) is 3.62. The predicted octanol–water partition coefficient (Wildman–Crippen LogP) is 6.26. The predicted molar refractivity (Wildman–Crippen MR) is 185 cm³/mol. The molecule has 0 spiro atoms. The summed E-state index contributed by atoms with van der Waals surface area (Å²) in [6.07, 6.45) is -4.93. The van der Waals surface area contributed by atoms with Gasteiger partial charge in [-0.1, -0.05) is 6.07 Å². The van der Waals surface area contributed by atoms with Crippen molar-refractivity contribution in [2.24, 2.45) is 0 Å². The van der Waals surface area contributed by atoms with E-state index in [9.17, 15) is 40.4 Å². The van der Waals surface area contributed by atoms with Gasteiger partial charge in [0.2, 0.25) is 5.91 Å². The molecular formula is C35H35F4N5O8S. The van der Waals surface area contributed by atoms with Gasteiger partial charge in [0, 0.05) is 23.8 Å². The highest BCUT2D eigenvalue weighted by Crippen LogP contribution is 2.41. The zero-order chi connectivity index (χ0) is 38.8. The number of methoxy groups -OCH3 is 2. The number of nitrogens with zero attached hydrogens (tertiary/aromatic N) is 3. The van der Waals surface area contributed by atoms with Crippen molar-refractivity contribution < 1.29 is 54.7 Å². The molecule has 2 atom stereocenters. The zero-order valence-corrected chi connectivity index (χ0v) is 29.6. The highest BCUT2D eigenvalue weighted by molar-refractivity contribution is 7.92. The molecule has 2 amide bonds. The SMILES string of the molecule is COC(=O)N(OC(=O)C(F)(F)F)c1ccc(S(=O)(=O)C(C)C)c([C@H]2CCCN2C(=O)[C@H](Nc2ccc3c(N)nccc3c2)c2ccc(F)c(OC)c2)c1. The van der Waals surface area contributed by atoms with Crippen molar-refractivity contribution in [1.82, 2.24) is 9.88 Å². The quantitative estimate of drug-likeness (QED) is 0.146. The number of nitrogens with one attached hydrogen (secondary N) is 1. The fourth-order valence-electron chi connectivity index (χ4n) is 5.97. The van der Waals surface area contributed by atoms with Gasteiger partial charge in [-0.3, -0.25) is 4.79 Å². The molecule has 1 aromatic heterocycles. The first-order valence-corrected chi connectivity index (χ1v) is 17.6. The molecule has 1 aliphatic rings. The molecule has 53 heavy (non-hydrogen) atoms. The monoisotopic (exact) mass is 761 g/mol. The maximum absolute atomic E-state index is 14.7. The van der Waals surface area contributed by atoms with Crippen molar-refractivity contribution in [3.05, 3.63) is 83.8 Å². The van der Waals surface area contributed by atoms with Crippen LogP contribution in [0.25, 0.3) is 10.8 Å². The molecule has 2 heterocycles. The molecule has 3 N–H and O–H groups in total. The summed E-state index contributed by atoms with van der Waals surface area (Å²) in [5, 5.41) is 3.52. The van der Waals surface area contributed by atoms with E-state index in [1.165, 1.54) is 44.2 Å². The average molecular weight is 762 g/mol. The molecule has 1 aliphatic heterocycles. The van der Waals surface area contributed by atoms with Gasteiger partial charge in [-0.15, -0.1) is 5.06 Å². The van der Waals surface area contributed by atoms with E-state index in [-0.39, 0.29) is 45.6 Å². The number of likely N-dealkylation sites (tertiary alicyclic amines) is 1. The Morgan fingerprint density at radius 2 is 1.77 bits per heavy atom. The summed E-state index contributed by atoms with van der Waals surface area (Å²) < 4.78 is 91.2. The Morgan fingerprint density at radius 1 is 1.04 bits per heavy atom. The number of hydrogen-bond donors (Lipinski definition) is 2. The molecule has 5 rings (SSSR count). The third-order valence-electron chi connectivity index (χ3n) is 8.66. The number of carbonyl (C=O) groups is 3. The zero-order valence-electron chi connectivity index (χ0n) is 28.8. The molecule has 4 aromatic rings. The van der Waals surface area contributed by atoms with Gasteiger partial charge in [0.05, 0.1) is 36.1 Å². The number of fused-ring (bicyclic) bond motifs is 1. The molecule has 0 bridgehead atoms. The standard InChI is InChI=1S/C35H35F4N5O8S/c1-19(2)53(48,49)29-12-9-23(44(34(47)51-4)52-33(46)35(37,38)39)18-25(29)27-6-5-15-43(27)32(45)30(21-7-11-26(36)28(17-21)50-3)42-22-8-10-24-20(16-22)13-14-41-31(24)40/h7-14,16-19,27,30,42H,5-6,15H2,1-4H3,(H2,40,41)/t27-,30-/m1/s1. The van der Waals surface area contributed by atoms with Gasteiger partial charge in [-0.25, -0.2) is 27.4 Å². The Labute approximate surface area is 301 Å². The van der Waals surface area contributed by atoms with E-state index in [4.69, 9.17) is 10.5 Å². The van der Waals surface area contributed by atoms with E-state index < -0.39 is 62.8 Å². The molecule has 0 radical (unpaired) electrons. The van der Waals surface area contributed by atoms with Crippen LogP contribution in [0, 0.1) is 5.82 Å². The largest absolute Gasteiger partial charge is 0.494 e. The Hall–Kier alpha value is -5.65. The Balaban J connectivity index is 1.63. The first kappa shape index (κ1) is 38.6. The van der Waals surface area contributed by atoms with Crippen molar-refractivity contribution in [1.29, 1.82) is 0 Å². The van der Waals surface area contributed by atoms with Crippen LogP contribution in [0.4, 0.5) is 39.5 Å². The van der Waals surface area contributed by atoms with Crippen molar-refractivity contribution >= 4 is 55.8 Å². The molecule has 1 saturated heterocycles. The van der Waals surface area contributed by atoms with Crippen LogP contribution in [0.3, 0.4) is 0 Å².